The summed E-state index contributed by atoms with van der Waals surface area (Å²) < 4.78 is 0. The summed E-state index contributed by atoms with van der Waals surface area (Å²) in [6.45, 7) is 0. The Morgan fingerprint density at radius 3 is 2.67 bits per heavy atom. The number of benzene rings is 1. The molecule has 0 aliphatic heterocycles. The fraction of sp³-hybridized carbons (Fsp3) is 0.333. The van der Waals surface area contributed by atoms with Crippen molar-refractivity contribution >= 4 is 5.91 Å². The van der Waals surface area contributed by atoms with Crippen LogP contribution in [-0.2, 0) is 6.42 Å². The maximum atomic E-state index is 12.5. The molecule has 1 aliphatic rings. The lowest BCUT2D eigenvalue weighted by Gasteiger charge is -2.34. The van der Waals surface area contributed by atoms with Crippen molar-refractivity contribution in [3.63, 3.8) is 0 Å². The Morgan fingerprint density at radius 1 is 1.24 bits per heavy atom. The minimum atomic E-state index is 0.108. The molecule has 3 heteroatoms. The Bertz CT molecular complexity index is 620. The molecule has 0 N–H and O–H groups in total. The van der Waals surface area contributed by atoms with Gasteiger partial charge in [0.05, 0.1) is 0 Å². The molecule has 1 aliphatic carbocycles. The fourth-order valence-electron chi connectivity index (χ4n) is 2.66. The molecule has 2 aromatic rings. The van der Waals surface area contributed by atoms with E-state index < -0.39 is 0 Å². The maximum absolute atomic E-state index is 12.5. The highest BCUT2D eigenvalue weighted by Gasteiger charge is 2.26. The van der Waals surface area contributed by atoms with Crippen molar-refractivity contribution in [3.8, 4) is 0 Å². The van der Waals surface area contributed by atoms with E-state index in [1.807, 2.05) is 42.3 Å². The van der Waals surface area contributed by atoms with Gasteiger partial charge in [-0.3, -0.25) is 9.78 Å². The Hall–Kier alpha value is -2.16. The third-order valence-electron chi connectivity index (χ3n) is 4.23. The highest BCUT2D eigenvalue weighted by atomic mass is 16.2. The zero-order valence-electron chi connectivity index (χ0n) is 12.3. The monoisotopic (exact) mass is 280 g/mol. The predicted molar refractivity (Wildman–Crippen MR) is 83.2 cm³/mol. The van der Waals surface area contributed by atoms with Crippen LogP contribution in [0, 0.1) is 0 Å². The topological polar surface area (TPSA) is 33.2 Å². The van der Waals surface area contributed by atoms with Gasteiger partial charge in [0, 0.05) is 37.0 Å². The molecule has 108 valence electrons. The molecule has 1 heterocycles. The summed E-state index contributed by atoms with van der Waals surface area (Å²) in [5, 5.41) is 0. The van der Waals surface area contributed by atoms with E-state index in [2.05, 4.69) is 17.1 Å². The lowest BCUT2D eigenvalue weighted by molar-refractivity contribution is 0.0652. The first-order valence-corrected chi connectivity index (χ1v) is 7.50. The summed E-state index contributed by atoms with van der Waals surface area (Å²) in [5.41, 5.74) is 2.89. The molecular weight excluding hydrogens is 260 g/mol. The van der Waals surface area contributed by atoms with E-state index in [9.17, 15) is 4.79 Å². The number of carbonyl (C=O) groups is 1. The summed E-state index contributed by atoms with van der Waals surface area (Å²) in [7, 11) is 1.91. The van der Waals surface area contributed by atoms with Crippen LogP contribution in [0.2, 0.25) is 0 Å². The summed E-state index contributed by atoms with van der Waals surface area (Å²) in [6, 6.07) is 14.4. The third kappa shape index (κ3) is 3.13. The van der Waals surface area contributed by atoms with Gasteiger partial charge in [-0.05, 0) is 37.0 Å². The van der Waals surface area contributed by atoms with Crippen molar-refractivity contribution in [2.45, 2.75) is 31.7 Å². The van der Waals surface area contributed by atoms with Gasteiger partial charge < -0.3 is 4.90 Å². The molecule has 1 fully saturated rings. The van der Waals surface area contributed by atoms with Crippen LogP contribution >= 0.6 is 0 Å². The lowest BCUT2D eigenvalue weighted by atomic mass is 9.91. The summed E-state index contributed by atoms with van der Waals surface area (Å²) in [4.78, 5) is 18.7. The first-order chi connectivity index (χ1) is 10.2. The Labute approximate surface area is 125 Å². The minimum absolute atomic E-state index is 0.108. The lowest BCUT2D eigenvalue weighted by Crippen LogP contribution is -2.41. The number of nitrogens with zero attached hydrogens (tertiary/aromatic N) is 2. The number of hydrogen-bond acceptors (Lipinski definition) is 2. The molecule has 1 aromatic carbocycles. The number of aromatic nitrogens is 1. The number of amides is 1. The molecule has 0 bridgehead atoms. The minimum Gasteiger partial charge on any atom is -0.339 e. The van der Waals surface area contributed by atoms with Gasteiger partial charge in [-0.2, -0.15) is 0 Å². The quantitative estimate of drug-likeness (QED) is 0.861. The Morgan fingerprint density at radius 2 is 2.00 bits per heavy atom. The number of pyridine rings is 1. The molecule has 1 aromatic heterocycles. The van der Waals surface area contributed by atoms with Gasteiger partial charge >= 0.3 is 0 Å². The highest BCUT2D eigenvalue weighted by Crippen LogP contribution is 2.25. The molecule has 1 saturated carbocycles. The average Bonchev–Trinajstić information content (AvgIpc) is 2.46. The van der Waals surface area contributed by atoms with Gasteiger partial charge in [0.2, 0.25) is 0 Å². The molecule has 21 heavy (non-hydrogen) atoms. The van der Waals surface area contributed by atoms with Gasteiger partial charge in [0.15, 0.2) is 0 Å². The normalized spacial score (nSPS) is 14.5. The second-order valence-corrected chi connectivity index (χ2v) is 5.70. The van der Waals surface area contributed by atoms with Crippen LogP contribution in [0.25, 0.3) is 0 Å². The third-order valence-corrected chi connectivity index (χ3v) is 4.23. The Kier molecular flexibility index (Phi) is 4.00. The summed E-state index contributed by atoms with van der Waals surface area (Å²) >= 11 is 0. The number of hydrogen-bond donors (Lipinski definition) is 0. The summed E-state index contributed by atoms with van der Waals surface area (Å²) in [5.74, 6) is 0.108. The number of rotatable bonds is 4. The predicted octanol–water partition coefficient (Wildman–Crippen LogP) is 3.30. The van der Waals surface area contributed by atoms with Crippen LogP contribution in [-0.4, -0.2) is 28.9 Å². The first kappa shape index (κ1) is 13.8. The SMILES string of the molecule is CN(C(=O)c1ccnc(Cc2ccccc2)c1)C1CCC1. The largest absolute Gasteiger partial charge is 0.339 e. The van der Waals surface area contributed by atoms with E-state index in [0.29, 0.717) is 6.04 Å². The zero-order chi connectivity index (χ0) is 14.7. The molecule has 0 atom stereocenters. The summed E-state index contributed by atoms with van der Waals surface area (Å²) in [6.07, 6.45) is 5.99. The molecule has 0 unspecified atom stereocenters. The van der Waals surface area contributed by atoms with Crippen molar-refractivity contribution in [2.24, 2.45) is 0 Å². The first-order valence-electron chi connectivity index (χ1n) is 7.50. The van der Waals surface area contributed by atoms with E-state index >= 15 is 0 Å². The molecular formula is C18H20N2O. The van der Waals surface area contributed by atoms with E-state index in [4.69, 9.17) is 0 Å². The van der Waals surface area contributed by atoms with E-state index in [1.54, 1.807) is 6.20 Å². The van der Waals surface area contributed by atoms with Gasteiger partial charge in [-0.15, -0.1) is 0 Å². The second kappa shape index (κ2) is 6.08. The number of carbonyl (C=O) groups excluding carboxylic acids is 1. The molecule has 3 rings (SSSR count). The van der Waals surface area contributed by atoms with Crippen LogP contribution in [0.4, 0.5) is 0 Å². The van der Waals surface area contributed by atoms with Crippen molar-refractivity contribution in [3.05, 3.63) is 65.5 Å². The van der Waals surface area contributed by atoms with E-state index in [0.717, 1.165) is 30.5 Å². The standard InChI is InChI=1S/C18H20N2O/c1-20(17-8-5-9-17)18(21)15-10-11-19-16(13-15)12-14-6-3-2-4-7-14/h2-4,6-7,10-11,13,17H,5,8-9,12H2,1H3. The van der Waals surface area contributed by atoms with Crippen molar-refractivity contribution in [2.75, 3.05) is 7.05 Å². The molecule has 3 nitrogen and oxygen atoms in total. The smallest absolute Gasteiger partial charge is 0.253 e. The van der Waals surface area contributed by atoms with Crippen LogP contribution in [0.3, 0.4) is 0 Å². The van der Waals surface area contributed by atoms with Crippen LogP contribution < -0.4 is 0 Å². The van der Waals surface area contributed by atoms with Gasteiger partial charge in [0.1, 0.15) is 0 Å². The van der Waals surface area contributed by atoms with Crippen molar-refractivity contribution < 1.29 is 4.79 Å². The van der Waals surface area contributed by atoms with Gasteiger partial charge in [-0.25, -0.2) is 0 Å². The molecule has 1 amide bonds. The molecule has 0 spiro atoms. The van der Waals surface area contributed by atoms with Crippen molar-refractivity contribution in [1.82, 2.24) is 9.88 Å². The zero-order valence-corrected chi connectivity index (χ0v) is 12.3. The van der Waals surface area contributed by atoms with Crippen LogP contribution in [0.5, 0.6) is 0 Å². The van der Waals surface area contributed by atoms with Gasteiger partial charge in [0.25, 0.3) is 5.91 Å². The molecule has 0 saturated heterocycles. The van der Waals surface area contributed by atoms with Crippen molar-refractivity contribution in [1.29, 1.82) is 0 Å². The fourth-order valence-corrected chi connectivity index (χ4v) is 2.66. The molecule has 0 radical (unpaired) electrons. The van der Waals surface area contributed by atoms with Gasteiger partial charge in [-0.1, -0.05) is 30.3 Å². The average molecular weight is 280 g/mol. The van der Waals surface area contributed by atoms with Crippen LogP contribution in [0.1, 0.15) is 40.9 Å². The Balaban J connectivity index is 1.75. The van der Waals surface area contributed by atoms with Crippen LogP contribution in [0.15, 0.2) is 48.7 Å². The second-order valence-electron chi connectivity index (χ2n) is 5.70. The van der Waals surface area contributed by atoms with E-state index in [1.165, 1.54) is 12.0 Å². The highest BCUT2D eigenvalue weighted by molar-refractivity contribution is 5.94. The van der Waals surface area contributed by atoms with E-state index in [-0.39, 0.29) is 5.91 Å². The maximum Gasteiger partial charge on any atom is 0.253 e.